The Kier molecular flexibility index (Phi) is 8.58. The van der Waals surface area contributed by atoms with Gasteiger partial charge in [-0.15, -0.1) is 0 Å². The first kappa shape index (κ1) is 28.9. The number of methoxy groups -OCH3 is 2. The lowest BCUT2D eigenvalue weighted by atomic mass is 10.0. The molecule has 11 nitrogen and oxygen atoms in total. The zero-order valence-corrected chi connectivity index (χ0v) is 24.6. The van der Waals surface area contributed by atoms with E-state index in [1.807, 2.05) is 6.07 Å². The number of nitrogens with one attached hydrogen (secondary N) is 1. The number of benzene rings is 2. The van der Waals surface area contributed by atoms with Gasteiger partial charge in [-0.05, 0) is 36.4 Å². The standard InChI is InChI=1S/C31H37N7O4/c1-6-25(39)15-21-14-23(37-12-10-36(7-2)11-13-37)8-9-28(21)33-30-32-19-22-20-38(31(40)35(3)29(22)34-30)24-16-26(41-4)18-27(17-24)42-5/h6,8-9,14,16-19H,1,7,10-13,15,20H2,2-5H3,(H,32,33,34). The number of urea groups is 1. The Morgan fingerprint density at radius 1 is 1.05 bits per heavy atom. The summed E-state index contributed by atoms with van der Waals surface area (Å²) < 4.78 is 10.8. The largest absolute Gasteiger partial charge is 0.497 e. The molecule has 0 unspecified atom stereocenters. The predicted octanol–water partition coefficient (Wildman–Crippen LogP) is 4.25. The number of carbonyl (C=O) groups excluding carboxylic acids is 2. The maximum Gasteiger partial charge on any atom is 0.330 e. The second-order valence-corrected chi connectivity index (χ2v) is 10.3. The lowest BCUT2D eigenvalue weighted by molar-refractivity contribution is -0.114. The lowest BCUT2D eigenvalue weighted by Gasteiger charge is -2.36. The van der Waals surface area contributed by atoms with Gasteiger partial charge in [0.15, 0.2) is 5.78 Å². The quantitative estimate of drug-likeness (QED) is 0.358. The number of anilines is 5. The van der Waals surface area contributed by atoms with E-state index < -0.39 is 0 Å². The Balaban J connectivity index is 1.40. The molecule has 11 heteroatoms. The van der Waals surface area contributed by atoms with Gasteiger partial charge in [-0.1, -0.05) is 13.5 Å². The molecule has 0 atom stereocenters. The van der Waals surface area contributed by atoms with E-state index in [1.165, 1.54) is 11.0 Å². The smallest absolute Gasteiger partial charge is 0.330 e. The van der Waals surface area contributed by atoms with Gasteiger partial charge in [0.2, 0.25) is 5.95 Å². The van der Waals surface area contributed by atoms with Crippen LogP contribution in [-0.2, 0) is 17.8 Å². The Hall–Kier alpha value is -4.64. The molecule has 5 rings (SSSR count). The van der Waals surface area contributed by atoms with Gasteiger partial charge in [-0.2, -0.15) is 4.98 Å². The summed E-state index contributed by atoms with van der Waals surface area (Å²) in [6, 6.07) is 11.2. The van der Waals surface area contributed by atoms with Crippen molar-refractivity contribution in [2.24, 2.45) is 0 Å². The molecule has 0 bridgehead atoms. The van der Waals surface area contributed by atoms with Crippen molar-refractivity contribution < 1.29 is 19.1 Å². The van der Waals surface area contributed by atoms with Gasteiger partial charge in [0.05, 0.1) is 26.5 Å². The Morgan fingerprint density at radius 2 is 1.76 bits per heavy atom. The first-order valence-electron chi connectivity index (χ1n) is 14.0. The molecule has 3 heterocycles. The Bertz CT molecular complexity index is 1460. The van der Waals surface area contributed by atoms with E-state index in [1.54, 1.807) is 50.6 Å². The van der Waals surface area contributed by atoms with Gasteiger partial charge in [0.1, 0.15) is 17.3 Å². The molecular formula is C31H37N7O4. The normalized spacial score (nSPS) is 15.3. The molecule has 2 aliphatic rings. The minimum Gasteiger partial charge on any atom is -0.497 e. The van der Waals surface area contributed by atoms with Crippen molar-refractivity contribution in [3.05, 3.63) is 66.4 Å². The molecule has 2 amide bonds. The predicted molar refractivity (Wildman–Crippen MR) is 165 cm³/mol. The molecule has 2 aromatic carbocycles. The van der Waals surface area contributed by atoms with Crippen LogP contribution in [0.2, 0.25) is 0 Å². The summed E-state index contributed by atoms with van der Waals surface area (Å²) in [5, 5.41) is 3.29. The van der Waals surface area contributed by atoms with E-state index in [0.29, 0.717) is 29.0 Å². The van der Waals surface area contributed by atoms with Gasteiger partial charge < -0.3 is 24.6 Å². The summed E-state index contributed by atoms with van der Waals surface area (Å²) in [4.78, 5) is 43.0. The van der Waals surface area contributed by atoms with Gasteiger partial charge in [-0.25, -0.2) is 9.78 Å². The maximum absolute atomic E-state index is 13.4. The number of piperazine rings is 1. The summed E-state index contributed by atoms with van der Waals surface area (Å²) in [6.45, 7) is 11.0. The van der Waals surface area contributed by atoms with Crippen LogP contribution in [0.1, 0.15) is 18.1 Å². The van der Waals surface area contributed by atoms with Gasteiger partial charge in [0.25, 0.3) is 0 Å². The number of ether oxygens (including phenoxy) is 2. The third-order valence-electron chi connectivity index (χ3n) is 7.77. The van der Waals surface area contributed by atoms with Crippen LogP contribution >= 0.6 is 0 Å². The minimum atomic E-state index is -0.243. The maximum atomic E-state index is 13.4. The van der Waals surface area contributed by atoms with Crippen molar-refractivity contribution in [1.82, 2.24) is 14.9 Å². The SMILES string of the molecule is C=CC(=O)Cc1cc(N2CCN(CC)CC2)ccc1Nc1ncc2c(n1)N(C)C(=O)N(c1cc(OC)cc(OC)c1)C2. The molecule has 3 aromatic rings. The topological polar surface area (TPSA) is 103 Å². The third kappa shape index (κ3) is 6.01. The molecule has 42 heavy (non-hydrogen) atoms. The molecule has 220 valence electrons. The molecule has 0 saturated carbocycles. The number of amides is 2. The molecule has 1 fully saturated rings. The monoisotopic (exact) mass is 571 g/mol. The van der Waals surface area contributed by atoms with E-state index in [0.717, 1.165) is 55.2 Å². The first-order chi connectivity index (χ1) is 20.3. The molecule has 1 saturated heterocycles. The number of ketones is 1. The van der Waals surface area contributed by atoms with Crippen LogP contribution in [0.3, 0.4) is 0 Å². The summed E-state index contributed by atoms with van der Waals surface area (Å²) in [5.41, 5.74) is 4.07. The molecule has 0 aliphatic carbocycles. The highest BCUT2D eigenvalue weighted by Crippen LogP contribution is 2.35. The molecule has 0 radical (unpaired) electrons. The third-order valence-corrected chi connectivity index (χ3v) is 7.77. The number of hydrogen-bond donors (Lipinski definition) is 1. The molecular weight excluding hydrogens is 534 g/mol. The number of hydrogen-bond acceptors (Lipinski definition) is 9. The van der Waals surface area contributed by atoms with Crippen molar-refractivity contribution >= 4 is 40.6 Å². The highest BCUT2D eigenvalue weighted by atomic mass is 16.5. The number of likely N-dealkylation sites (N-methyl/N-ethyl adjacent to an activating group) is 1. The first-order valence-corrected chi connectivity index (χ1v) is 14.0. The zero-order chi connectivity index (χ0) is 29.8. The fourth-order valence-electron chi connectivity index (χ4n) is 5.27. The van der Waals surface area contributed by atoms with Gasteiger partial charge in [-0.3, -0.25) is 14.6 Å². The van der Waals surface area contributed by atoms with Crippen LogP contribution in [0.4, 0.5) is 33.6 Å². The van der Waals surface area contributed by atoms with Crippen molar-refractivity contribution in [2.75, 3.05) is 74.0 Å². The summed E-state index contributed by atoms with van der Waals surface area (Å²) in [6.07, 6.45) is 3.27. The van der Waals surface area contributed by atoms with E-state index in [9.17, 15) is 9.59 Å². The van der Waals surface area contributed by atoms with E-state index in [4.69, 9.17) is 14.5 Å². The summed E-state index contributed by atoms with van der Waals surface area (Å²) >= 11 is 0. The number of allylic oxidation sites excluding steroid dienone is 1. The molecule has 1 N–H and O–H groups in total. The fraction of sp³-hybridized carbons (Fsp3) is 0.355. The van der Waals surface area contributed by atoms with Crippen LogP contribution in [0.15, 0.2) is 55.3 Å². The van der Waals surface area contributed by atoms with E-state index in [2.05, 4.69) is 45.7 Å². The van der Waals surface area contributed by atoms with E-state index in [-0.39, 0.29) is 24.8 Å². The Labute approximate surface area is 246 Å². The van der Waals surface area contributed by atoms with Gasteiger partial charge in [0, 0.05) is 81.0 Å². The average molecular weight is 572 g/mol. The summed E-state index contributed by atoms with van der Waals surface area (Å²) in [7, 11) is 4.82. The number of carbonyl (C=O) groups is 2. The van der Waals surface area contributed by atoms with Crippen LogP contribution in [0.25, 0.3) is 0 Å². The number of rotatable bonds is 10. The second kappa shape index (κ2) is 12.5. The van der Waals surface area contributed by atoms with Crippen molar-refractivity contribution in [1.29, 1.82) is 0 Å². The van der Waals surface area contributed by atoms with Crippen LogP contribution in [0.5, 0.6) is 11.5 Å². The fourth-order valence-corrected chi connectivity index (χ4v) is 5.27. The van der Waals surface area contributed by atoms with E-state index >= 15 is 0 Å². The van der Waals surface area contributed by atoms with Crippen LogP contribution < -0.4 is 29.5 Å². The molecule has 2 aliphatic heterocycles. The highest BCUT2D eigenvalue weighted by Gasteiger charge is 2.31. The molecule has 1 aromatic heterocycles. The average Bonchev–Trinajstić information content (AvgIpc) is 3.03. The number of nitrogens with zero attached hydrogens (tertiary/aromatic N) is 6. The van der Waals surface area contributed by atoms with Crippen LogP contribution in [0, 0.1) is 0 Å². The zero-order valence-electron chi connectivity index (χ0n) is 24.6. The minimum absolute atomic E-state index is 0.0723. The number of fused-ring (bicyclic) bond motifs is 1. The van der Waals surface area contributed by atoms with Crippen molar-refractivity contribution in [3.63, 3.8) is 0 Å². The lowest BCUT2D eigenvalue weighted by Crippen LogP contribution is -2.46. The van der Waals surface area contributed by atoms with Crippen LogP contribution in [-0.4, -0.2) is 80.7 Å². The highest BCUT2D eigenvalue weighted by molar-refractivity contribution is 6.05. The van der Waals surface area contributed by atoms with Gasteiger partial charge >= 0.3 is 6.03 Å². The Morgan fingerprint density at radius 3 is 2.40 bits per heavy atom. The second-order valence-electron chi connectivity index (χ2n) is 10.3. The molecule has 0 spiro atoms. The summed E-state index contributed by atoms with van der Waals surface area (Å²) in [5.74, 6) is 1.94. The van der Waals surface area contributed by atoms with Crippen molar-refractivity contribution in [3.8, 4) is 11.5 Å². The van der Waals surface area contributed by atoms with Crippen molar-refractivity contribution in [2.45, 2.75) is 19.9 Å². The number of aromatic nitrogens is 2.